The van der Waals surface area contributed by atoms with Crippen molar-refractivity contribution in [2.45, 2.75) is 83.5 Å². The number of aliphatic hydroxyl groups excluding tert-OH is 1. The fourth-order valence-corrected chi connectivity index (χ4v) is 10.9. The molecule has 1 atom stereocenters. The van der Waals surface area contributed by atoms with Gasteiger partial charge in [0.15, 0.2) is 0 Å². The van der Waals surface area contributed by atoms with Gasteiger partial charge in [-0.05, 0) is 86.5 Å². The molecule has 1 aromatic heterocycles. The number of phenols is 1. The van der Waals surface area contributed by atoms with Crippen LogP contribution in [-0.4, -0.2) is 10.2 Å². The quantitative estimate of drug-likeness (QED) is 0.0946. The molecule has 1 unspecified atom stereocenters. The van der Waals surface area contributed by atoms with Gasteiger partial charge in [-0.3, -0.25) is 0 Å². The van der Waals surface area contributed by atoms with Gasteiger partial charge in [0.2, 0.25) is 11.4 Å². The molecule has 1 aliphatic carbocycles. The monoisotopic (exact) mass is 1010 g/mol. The van der Waals surface area contributed by atoms with Crippen LogP contribution in [0.1, 0.15) is 101 Å². The molecule has 2 N–H and O–H groups in total. The largest absolute Gasteiger partial charge is 0.507 e. The summed E-state index contributed by atoms with van der Waals surface area (Å²) in [6, 6.07) is 70.4. The van der Waals surface area contributed by atoms with Crippen molar-refractivity contribution < 1.29 is 41.0 Å². The summed E-state index contributed by atoms with van der Waals surface area (Å²) < 4.78 is 2.27. The van der Waals surface area contributed by atoms with Gasteiger partial charge < -0.3 is 17.6 Å². The zero-order valence-corrected chi connectivity index (χ0v) is 45.7. The number of benzene rings is 7. The third kappa shape index (κ3) is 9.73. The summed E-state index contributed by atoms with van der Waals surface area (Å²) in [5, 5.41) is 25.5. The Morgan fingerprint density at radius 1 is 0.423 bits per heavy atom. The first-order valence-electron chi connectivity index (χ1n) is 24.5. The topological polar surface area (TPSA) is 44.3 Å². The Morgan fingerprint density at radius 3 is 1.34 bits per heavy atom. The summed E-state index contributed by atoms with van der Waals surface area (Å²) in [4.78, 5) is 0. The molecule has 358 valence electrons. The van der Waals surface area contributed by atoms with Gasteiger partial charge in [-0.1, -0.05) is 225 Å². The Kier molecular flexibility index (Phi) is 15.4. The molecule has 0 amide bonds. The summed E-state index contributed by atoms with van der Waals surface area (Å²) >= 11 is 0. The number of hydrogen-bond acceptors (Lipinski definition) is 2. The molecule has 8 aromatic rings. The molecule has 3 nitrogen and oxygen atoms in total. The number of aliphatic hydroxyl groups is 1. The predicted octanol–water partition coefficient (Wildman–Crippen LogP) is 16.5. The van der Waals surface area contributed by atoms with Crippen LogP contribution in [0.3, 0.4) is 0 Å². The first-order valence-corrected chi connectivity index (χ1v) is 24.5. The minimum Gasteiger partial charge on any atom is -0.507 e. The van der Waals surface area contributed by atoms with E-state index in [0.717, 1.165) is 73.5 Å². The van der Waals surface area contributed by atoms with Crippen LogP contribution >= 0.6 is 0 Å². The molecule has 0 radical (unpaired) electrons. The summed E-state index contributed by atoms with van der Waals surface area (Å²) in [6.07, 6.45) is 3.06. The van der Waals surface area contributed by atoms with Crippen molar-refractivity contribution in [1.29, 1.82) is 0 Å². The Morgan fingerprint density at radius 2 is 0.831 bits per heavy atom. The number of phenolic OH excluding ortho intramolecular Hbond substituents is 1. The molecule has 7 aromatic carbocycles. The molecule has 9 rings (SSSR count). The fraction of sp³-hybridized carbons (Fsp3) is 0.224. The number of pyridine rings is 1. The fourth-order valence-electron chi connectivity index (χ4n) is 10.9. The second-order valence-electron chi connectivity index (χ2n) is 21.1. The van der Waals surface area contributed by atoms with E-state index in [1.54, 1.807) is 0 Å². The Balaban J connectivity index is 0.00000371. The van der Waals surface area contributed by atoms with Crippen molar-refractivity contribution >= 4 is 5.57 Å². The standard InChI is InChI=1S/C66H65NO2.CH3.Zr/c1-63(2,45-27-14-10-15-28-45)49-41-55(61(68)57(43-49)65(5,6)47-31-18-12-19-32-47)51-35-22-24-37-53(51)59-39-26-40-60(67(59)9)54-38-25-23-36-52(54)56-42-50(64(3,4)46-29-16-11-17-30-46)44-58(62(56)69)66(7,8)48-33-20-13-21-34-48;;/h10-43,50,69H,44H2,1-9H3;1H3;/q;-1;/p+1. The van der Waals surface area contributed by atoms with Crippen molar-refractivity contribution in [1.82, 2.24) is 0 Å². The molecular weight excluding hydrogens is 942 g/mol. The van der Waals surface area contributed by atoms with E-state index in [-0.39, 0.29) is 56.1 Å². The normalized spacial score (nSPS) is 14.3. The van der Waals surface area contributed by atoms with Crippen molar-refractivity contribution in [2.75, 3.05) is 0 Å². The van der Waals surface area contributed by atoms with Crippen molar-refractivity contribution in [3.63, 3.8) is 0 Å². The van der Waals surface area contributed by atoms with Gasteiger partial charge in [0.05, 0.1) is 11.1 Å². The number of aromatic nitrogens is 1. The number of rotatable bonds is 12. The number of allylic oxidation sites excluding steroid dienone is 3. The van der Waals surface area contributed by atoms with E-state index in [2.05, 4.69) is 267 Å². The number of nitrogens with zero attached hydrogens (tertiary/aromatic N) is 1. The van der Waals surface area contributed by atoms with Gasteiger partial charge in [-0.25, -0.2) is 0 Å². The third-order valence-corrected chi connectivity index (χ3v) is 15.7. The predicted molar refractivity (Wildman–Crippen MR) is 294 cm³/mol. The minimum atomic E-state index is -0.509. The summed E-state index contributed by atoms with van der Waals surface area (Å²) in [5.41, 5.74) is 13.9. The zero-order chi connectivity index (χ0) is 48.7. The number of aromatic hydroxyl groups is 1. The molecule has 1 heterocycles. The van der Waals surface area contributed by atoms with Crippen molar-refractivity contribution in [3.05, 3.63) is 264 Å². The van der Waals surface area contributed by atoms with Crippen LogP contribution in [0.4, 0.5) is 0 Å². The molecule has 0 saturated carbocycles. The van der Waals surface area contributed by atoms with Crippen molar-refractivity contribution in [3.8, 4) is 39.4 Å². The average molecular weight is 1010 g/mol. The summed E-state index contributed by atoms with van der Waals surface area (Å²) in [5.74, 6) is 0.723. The van der Waals surface area contributed by atoms with Gasteiger partial charge in [0.1, 0.15) is 18.6 Å². The van der Waals surface area contributed by atoms with Crippen molar-refractivity contribution in [2.24, 2.45) is 13.0 Å². The van der Waals surface area contributed by atoms with Gasteiger partial charge in [-0.15, -0.1) is 0 Å². The number of hydrogen-bond donors (Lipinski definition) is 2. The van der Waals surface area contributed by atoms with Crippen LogP contribution in [0, 0.1) is 13.3 Å². The first-order chi connectivity index (χ1) is 33.0. The average Bonchev–Trinajstić information content (AvgIpc) is 3.37. The SMILES string of the molecule is C[n+]1c(-c2ccccc2C2=CC(C(C)(C)c3ccccc3)CC(C(C)(C)c3ccccc3)=C2O)cccc1-c1ccccc1-c1cc(C(C)(C)c2ccccc2)cc(C(C)(C)c2ccccc2)c1O.[CH3-].[Zr]. The summed E-state index contributed by atoms with van der Waals surface area (Å²) in [7, 11) is 2.13. The Bertz CT molecular complexity index is 3200. The zero-order valence-electron chi connectivity index (χ0n) is 43.3. The van der Waals surface area contributed by atoms with Crippen LogP contribution < -0.4 is 4.57 Å². The maximum absolute atomic E-state index is 12.8. The van der Waals surface area contributed by atoms with E-state index in [1.807, 2.05) is 6.07 Å². The molecule has 71 heavy (non-hydrogen) atoms. The molecule has 0 fully saturated rings. The van der Waals surface area contributed by atoms with Crippen LogP contribution in [0.25, 0.3) is 39.2 Å². The second kappa shape index (κ2) is 20.8. The van der Waals surface area contributed by atoms with E-state index in [9.17, 15) is 10.2 Å². The maximum Gasteiger partial charge on any atom is 0.213 e. The molecule has 1 aliphatic rings. The van der Waals surface area contributed by atoms with E-state index in [4.69, 9.17) is 0 Å². The van der Waals surface area contributed by atoms with Gasteiger partial charge in [0, 0.05) is 71.3 Å². The smallest absolute Gasteiger partial charge is 0.213 e. The van der Waals surface area contributed by atoms with Crippen LogP contribution in [0.15, 0.2) is 218 Å². The Hall–Kier alpha value is -6.35. The Labute approximate surface area is 443 Å². The van der Waals surface area contributed by atoms with Crippen LogP contribution in [-0.2, 0) is 54.9 Å². The van der Waals surface area contributed by atoms with Gasteiger partial charge >= 0.3 is 0 Å². The van der Waals surface area contributed by atoms with Crippen LogP contribution in [0.2, 0.25) is 0 Å². The van der Waals surface area contributed by atoms with E-state index in [0.29, 0.717) is 5.76 Å². The second-order valence-corrected chi connectivity index (χ2v) is 21.1. The molecule has 4 heteroatoms. The molecule has 0 saturated heterocycles. The van der Waals surface area contributed by atoms with E-state index in [1.165, 1.54) is 16.7 Å². The minimum absolute atomic E-state index is 0. The van der Waals surface area contributed by atoms with E-state index < -0.39 is 10.8 Å². The molecule has 0 aliphatic heterocycles. The summed E-state index contributed by atoms with van der Waals surface area (Å²) in [6.45, 7) is 18.1. The van der Waals surface area contributed by atoms with Gasteiger partial charge in [0.25, 0.3) is 0 Å². The third-order valence-electron chi connectivity index (χ3n) is 15.7. The van der Waals surface area contributed by atoms with E-state index >= 15 is 0 Å². The first kappa shape index (κ1) is 52.5. The molecular formula is C67H69NO2Zr. The maximum atomic E-state index is 12.8. The van der Waals surface area contributed by atoms with Gasteiger partial charge in [-0.2, -0.15) is 4.57 Å². The molecule has 0 spiro atoms. The van der Waals surface area contributed by atoms with Crippen LogP contribution in [0.5, 0.6) is 5.75 Å². The molecule has 0 bridgehead atoms.